The molecule has 2 saturated carbocycles. The molecule has 1 aromatic carbocycles. The van der Waals surface area contributed by atoms with Crippen molar-refractivity contribution in [2.24, 2.45) is 11.8 Å². The average Bonchev–Trinajstić information content (AvgIpc) is 3.00. The maximum atomic E-state index is 12.8. The molecule has 2 atom stereocenters. The van der Waals surface area contributed by atoms with E-state index < -0.39 is 5.92 Å². The maximum Gasteiger partial charge on any atom is 0.150 e. The Hall–Kier alpha value is -1.88. The second-order valence-corrected chi connectivity index (χ2v) is 6.84. The van der Waals surface area contributed by atoms with Crippen LogP contribution < -0.4 is 0 Å². The highest BCUT2D eigenvalue weighted by Crippen LogP contribution is 2.44. The SMILES string of the molecule is CC#Cc1ccc(C2C(=O)C3CCC(C3)C2=O)c(CCCC)c1. The monoisotopic (exact) mass is 308 g/mol. The smallest absolute Gasteiger partial charge is 0.150 e. The lowest BCUT2D eigenvalue weighted by Gasteiger charge is -2.27. The van der Waals surface area contributed by atoms with Crippen molar-refractivity contribution in [2.45, 2.75) is 58.3 Å². The van der Waals surface area contributed by atoms with E-state index in [4.69, 9.17) is 0 Å². The summed E-state index contributed by atoms with van der Waals surface area (Å²) in [5.41, 5.74) is 3.06. The van der Waals surface area contributed by atoms with Gasteiger partial charge >= 0.3 is 0 Å². The first-order chi connectivity index (χ1) is 11.2. The lowest BCUT2D eigenvalue weighted by Crippen LogP contribution is -2.35. The third-order valence-corrected chi connectivity index (χ3v) is 5.33. The third kappa shape index (κ3) is 2.98. The van der Waals surface area contributed by atoms with Crippen LogP contribution in [0.3, 0.4) is 0 Å². The molecule has 0 spiro atoms. The molecule has 2 unspecified atom stereocenters. The molecule has 2 aliphatic carbocycles. The highest BCUT2D eigenvalue weighted by atomic mass is 16.2. The number of Topliss-reactive ketones (excluding diaryl/α,β-unsaturated/α-hetero) is 2. The Balaban J connectivity index is 2.01. The molecule has 0 saturated heterocycles. The highest BCUT2D eigenvalue weighted by molar-refractivity contribution is 6.12. The number of hydrogen-bond acceptors (Lipinski definition) is 2. The molecule has 2 aliphatic rings. The summed E-state index contributed by atoms with van der Waals surface area (Å²) in [5, 5.41) is 0. The van der Waals surface area contributed by atoms with Crippen molar-refractivity contribution in [2.75, 3.05) is 0 Å². The van der Waals surface area contributed by atoms with E-state index >= 15 is 0 Å². The predicted molar refractivity (Wildman–Crippen MR) is 91.2 cm³/mol. The van der Waals surface area contributed by atoms with E-state index in [-0.39, 0.29) is 23.4 Å². The Bertz CT molecular complexity index is 668. The van der Waals surface area contributed by atoms with Gasteiger partial charge in [0.05, 0.1) is 0 Å². The Labute approximate surface area is 138 Å². The van der Waals surface area contributed by atoms with E-state index in [1.54, 1.807) is 0 Å². The molecule has 120 valence electrons. The number of unbranched alkanes of at least 4 members (excludes halogenated alkanes) is 1. The standard InChI is InChI=1S/C21H24O2/c1-3-5-7-15-12-14(6-4-2)8-11-18(15)19-20(22)16-9-10-17(13-16)21(19)23/h8,11-12,16-17,19H,3,5,7,9-10,13H2,1-2H3. The molecule has 3 rings (SSSR count). The van der Waals surface area contributed by atoms with Gasteiger partial charge in [0, 0.05) is 17.4 Å². The van der Waals surface area contributed by atoms with E-state index in [0.717, 1.165) is 55.2 Å². The Morgan fingerprint density at radius 2 is 1.83 bits per heavy atom. The summed E-state index contributed by atoms with van der Waals surface area (Å²) in [4.78, 5) is 25.6. The number of ketones is 2. The molecule has 2 nitrogen and oxygen atoms in total. The van der Waals surface area contributed by atoms with Gasteiger partial charge in [-0.05, 0) is 62.3 Å². The lowest BCUT2D eigenvalue weighted by molar-refractivity contribution is -0.135. The predicted octanol–water partition coefficient (Wildman–Crippen LogP) is 4.05. The molecule has 0 heterocycles. The fourth-order valence-electron chi connectivity index (χ4n) is 4.11. The van der Waals surface area contributed by atoms with Crippen LogP contribution >= 0.6 is 0 Å². The van der Waals surface area contributed by atoms with E-state index in [1.807, 2.05) is 19.1 Å². The van der Waals surface area contributed by atoms with Crippen molar-refractivity contribution in [3.63, 3.8) is 0 Å². The second kappa shape index (κ2) is 6.71. The molecule has 0 aromatic heterocycles. The van der Waals surface area contributed by atoms with Crippen molar-refractivity contribution < 1.29 is 9.59 Å². The summed E-state index contributed by atoms with van der Waals surface area (Å²) in [6.45, 7) is 3.98. The normalized spacial score (nSPS) is 26.1. The van der Waals surface area contributed by atoms with Crippen molar-refractivity contribution in [3.8, 4) is 11.8 Å². The van der Waals surface area contributed by atoms with Crippen LogP contribution in [0.15, 0.2) is 18.2 Å². The number of rotatable bonds is 4. The van der Waals surface area contributed by atoms with Crippen LogP contribution in [0.5, 0.6) is 0 Å². The Kier molecular flexibility index (Phi) is 4.66. The fourth-order valence-corrected chi connectivity index (χ4v) is 4.11. The van der Waals surface area contributed by atoms with Gasteiger partial charge in [-0.15, -0.1) is 5.92 Å². The van der Waals surface area contributed by atoms with E-state index in [2.05, 4.69) is 24.8 Å². The Morgan fingerprint density at radius 1 is 1.13 bits per heavy atom. The van der Waals surface area contributed by atoms with Gasteiger partial charge in [0.15, 0.2) is 11.6 Å². The van der Waals surface area contributed by atoms with Crippen molar-refractivity contribution in [3.05, 3.63) is 34.9 Å². The first kappa shape index (κ1) is 16.0. The minimum Gasteiger partial charge on any atom is -0.298 e. The van der Waals surface area contributed by atoms with Crippen LogP contribution in [0, 0.1) is 23.7 Å². The topological polar surface area (TPSA) is 34.1 Å². The zero-order chi connectivity index (χ0) is 16.4. The maximum absolute atomic E-state index is 12.8. The molecule has 0 amide bonds. The second-order valence-electron chi connectivity index (χ2n) is 6.84. The minimum absolute atomic E-state index is 0.108. The van der Waals surface area contributed by atoms with Crippen LogP contribution in [-0.4, -0.2) is 11.6 Å². The van der Waals surface area contributed by atoms with Crippen LogP contribution in [0.25, 0.3) is 0 Å². The molecule has 2 heteroatoms. The number of hydrogen-bond donors (Lipinski definition) is 0. The molecule has 23 heavy (non-hydrogen) atoms. The van der Waals surface area contributed by atoms with Gasteiger partial charge in [-0.3, -0.25) is 9.59 Å². The Morgan fingerprint density at radius 3 is 2.43 bits per heavy atom. The quantitative estimate of drug-likeness (QED) is 0.621. The largest absolute Gasteiger partial charge is 0.298 e. The third-order valence-electron chi connectivity index (χ3n) is 5.33. The molecule has 2 fully saturated rings. The summed E-state index contributed by atoms with van der Waals surface area (Å²) < 4.78 is 0. The van der Waals surface area contributed by atoms with Gasteiger partial charge in [-0.2, -0.15) is 0 Å². The summed E-state index contributed by atoms with van der Waals surface area (Å²) in [6.07, 6.45) is 5.67. The number of benzene rings is 1. The summed E-state index contributed by atoms with van der Waals surface area (Å²) in [5.74, 6) is 6.04. The number of carbonyl (C=O) groups excluding carboxylic acids is 2. The molecular weight excluding hydrogens is 284 g/mol. The van der Waals surface area contributed by atoms with Crippen LogP contribution in [0.2, 0.25) is 0 Å². The van der Waals surface area contributed by atoms with E-state index in [1.165, 1.54) is 0 Å². The summed E-state index contributed by atoms with van der Waals surface area (Å²) in [6, 6.07) is 6.02. The van der Waals surface area contributed by atoms with Crippen molar-refractivity contribution in [1.29, 1.82) is 0 Å². The lowest BCUT2D eigenvalue weighted by atomic mass is 9.73. The number of aryl methyl sites for hydroxylation is 1. The number of carbonyl (C=O) groups is 2. The molecule has 0 aliphatic heterocycles. The first-order valence-electron chi connectivity index (χ1n) is 8.78. The van der Waals surface area contributed by atoms with Gasteiger partial charge in [-0.25, -0.2) is 0 Å². The zero-order valence-electron chi connectivity index (χ0n) is 14.0. The van der Waals surface area contributed by atoms with Crippen LogP contribution in [-0.2, 0) is 16.0 Å². The molecular formula is C21H24O2. The molecule has 0 N–H and O–H groups in total. The average molecular weight is 308 g/mol. The van der Waals surface area contributed by atoms with Gasteiger partial charge in [0.25, 0.3) is 0 Å². The fraction of sp³-hybridized carbons (Fsp3) is 0.524. The molecule has 2 bridgehead atoms. The van der Waals surface area contributed by atoms with Crippen LogP contribution in [0.1, 0.15) is 68.6 Å². The summed E-state index contributed by atoms with van der Waals surface area (Å²) in [7, 11) is 0. The van der Waals surface area contributed by atoms with Crippen LogP contribution in [0.4, 0.5) is 0 Å². The summed E-state index contributed by atoms with van der Waals surface area (Å²) >= 11 is 0. The minimum atomic E-state index is -0.517. The molecule has 0 radical (unpaired) electrons. The number of fused-ring (bicyclic) bond motifs is 2. The van der Waals surface area contributed by atoms with Gasteiger partial charge < -0.3 is 0 Å². The van der Waals surface area contributed by atoms with Gasteiger partial charge in [0.2, 0.25) is 0 Å². The van der Waals surface area contributed by atoms with Gasteiger partial charge in [-0.1, -0.05) is 25.3 Å². The van der Waals surface area contributed by atoms with E-state index in [9.17, 15) is 9.59 Å². The highest BCUT2D eigenvalue weighted by Gasteiger charge is 2.47. The molecule has 1 aromatic rings. The van der Waals surface area contributed by atoms with Crippen molar-refractivity contribution in [1.82, 2.24) is 0 Å². The first-order valence-corrected chi connectivity index (χ1v) is 8.78. The zero-order valence-corrected chi connectivity index (χ0v) is 14.0. The van der Waals surface area contributed by atoms with Crippen molar-refractivity contribution >= 4 is 11.6 Å². The van der Waals surface area contributed by atoms with Gasteiger partial charge in [0.1, 0.15) is 5.92 Å². The van der Waals surface area contributed by atoms with E-state index in [0.29, 0.717) is 0 Å².